The van der Waals surface area contributed by atoms with Crippen molar-refractivity contribution in [3.05, 3.63) is 30.1 Å². The van der Waals surface area contributed by atoms with Gasteiger partial charge < -0.3 is 0 Å². The van der Waals surface area contributed by atoms with Crippen LogP contribution in [-0.2, 0) is 3.79 Å². The van der Waals surface area contributed by atoms with Crippen LogP contribution in [0.4, 0.5) is 0 Å². The molecular weight excluding hydrogens is 228 g/mol. The molecule has 5 heteroatoms. The Morgan fingerprint density at radius 1 is 1.27 bits per heavy atom. The Hall–Kier alpha value is 0.310. The van der Waals surface area contributed by atoms with E-state index in [0.717, 1.165) is 0 Å². The molecule has 1 aromatic rings. The monoisotopic (exact) mass is 232 g/mol. The summed E-state index contributed by atoms with van der Waals surface area (Å²) in [6.45, 7) is 0. The van der Waals surface area contributed by atoms with E-state index in [-0.39, 0.29) is 12.4 Å². The smallest absolute Gasteiger partial charge is 0.217 e. The molecule has 0 aliphatic carbocycles. The highest BCUT2D eigenvalue weighted by Gasteiger charge is 2.23. The first-order chi connectivity index (χ1) is 4.61. The number of pyridine rings is 1. The van der Waals surface area contributed by atoms with Crippen LogP contribution in [0.1, 0.15) is 5.56 Å². The van der Waals surface area contributed by atoms with Crippen LogP contribution >= 0.6 is 47.2 Å². The Morgan fingerprint density at radius 3 is 2.18 bits per heavy atom. The van der Waals surface area contributed by atoms with Crippen molar-refractivity contribution in [2.75, 3.05) is 0 Å². The van der Waals surface area contributed by atoms with Crippen LogP contribution in [0.2, 0.25) is 0 Å². The third-order valence-corrected chi connectivity index (χ3v) is 1.69. The lowest BCUT2D eigenvalue weighted by atomic mass is 10.3. The molecule has 0 aliphatic heterocycles. The van der Waals surface area contributed by atoms with Crippen molar-refractivity contribution in [2.24, 2.45) is 0 Å². The third kappa shape index (κ3) is 3.48. The highest BCUT2D eigenvalue weighted by molar-refractivity contribution is 6.66. The van der Waals surface area contributed by atoms with E-state index in [1.165, 1.54) is 0 Å². The van der Waals surface area contributed by atoms with Gasteiger partial charge in [-0.25, -0.2) is 4.98 Å². The van der Waals surface area contributed by atoms with Crippen molar-refractivity contribution in [1.29, 1.82) is 0 Å². The lowest BCUT2D eigenvalue weighted by molar-refractivity contribution is -0.378. The first-order valence-corrected chi connectivity index (χ1v) is 3.77. The normalized spacial score (nSPS) is 10.5. The number of alkyl halides is 3. The van der Waals surface area contributed by atoms with Gasteiger partial charge >= 0.3 is 0 Å². The van der Waals surface area contributed by atoms with Crippen molar-refractivity contribution in [3.8, 4) is 0 Å². The summed E-state index contributed by atoms with van der Waals surface area (Å²) >= 11 is 16.7. The fraction of sp³-hybridized carbons (Fsp3) is 0.167. The standard InChI is InChI=1S/C6H4Cl3N.ClH/c7-6(8,9)5-2-1-3-10-4-5;/h1-4H;1H/p+1. The molecule has 0 saturated carbocycles. The molecule has 0 aliphatic rings. The molecule has 11 heavy (non-hydrogen) atoms. The van der Waals surface area contributed by atoms with Crippen LogP contribution < -0.4 is 4.98 Å². The molecule has 1 heterocycles. The SMILES string of the molecule is Cl.ClC(Cl)(Cl)c1ccc[nH+]c1. The lowest BCUT2D eigenvalue weighted by Crippen LogP contribution is -2.07. The third-order valence-electron chi connectivity index (χ3n) is 1.03. The fourth-order valence-corrected chi connectivity index (χ4v) is 0.922. The molecule has 0 unspecified atom stereocenters. The Labute approximate surface area is 86.1 Å². The second-order valence-electron chi connectivity index (χ2n) is 1.79. The molecule has 62 valence electrons. The average Bonchev–Trinajstić information content (AvgIpc) is 1.88. The van der Waals surface area contributed by atoms with E-state index in [9.17, 15) is 0 Å². The molecule has 1 aromatic heterocycles. The summed E-state index contributed by atoms with van der Waals surface area (Å²) in [6, 6.07) is 3.51. The molecule has 1 nitrogen and oxygen atoms in total. The highest BCUT2D eigenvalue weighted by Crippen LogP contribution is 2.36. The van der Waals surface area contributed by atoms with Crippen molar-refractivity contribution >= 4 is 47.2 Å². The van der Waals surface area contributed by atoms with Gasteiger partial charge in [0.25, 0.3) is 0 Å². The van der Waals surface area contributed by atoms with Crippen molar-refractivity contribution < 1.29 is 4.98 Å². The summed E-state index contributed by atoms with van der Waals surface area (Å²) in [6.07, 6.45) is 3.40. The lowest BCUT2D eigenvalue weighted by Gasteiger charge is -2.06. The molecule has 1 N–H and O–H groups in total. The molecule has 0 spiro atoms. The number of aromatic nitrogens is 1. The number of hydrogen-bond acceptors (Lipinski definition) is 0. The van der Waals surface area contributed by atoms with Gasteiger partial charge in [0.2, 0.25) is 3.79 Å². The number of aromatic amines is 1. The summed E-state index contributed by atoms with van der Waals surface area (Å²) < 4.78 is -1.32. The minimum absolute atomic E-state index is 0. The van der Waals surface area contributed by atoms with E-state index in [4.69, 9.17) is 34.8 Å². The second-order valence-corrected chi connectivity index (χ2v) is 4.07. The van der Waals surface area contributed by atoms with Gasteiger partial charge in [0.1, 0.15) is 0 Å². The molecular formula is C6H6Cl4N+. The first-order valence-electron chi connectivity index (χ1n) is 2.64. The predicted octanol–water partition coefficient (Wildman–Crippen LogP) is 2.75. The molecule has 0 atom stereocenters. The van der Waals surface area contributed by atoms with Gasteiger partial charge in [-0.2, -0.15) is 0 Å². The summed E-state index contributed by atoms with van der Waals surface area (Å²) in [5, 5.41) is 0. The van der Waals surface area contributed by atoms with Crippen LogP contribution in [0.3, 0.4) is 0 Å². The van der Waals surface area contributed by atoms with Gasteiger partial charge in [-0.05, 0) is 6.07 Å². The van der Waals surface area contributed by atoms with Gasteiger partial charge in [-0.15, -0.1) is 12.4 Å². The minimum atomic E-state index is -1.32. The zero-order chi connectivity index (χ0) is 7.61. The van der Waals surface area contributed by atoms with Crippen molar-refractivity contribution in [3.63, 3.8) is 0 Å². The highest BCUT2D eigenvalue weighted by atomic mass is 35.6. The van der Waals surface area contributed by atoms with Gasteiger partial charge in [-0.3, -0.25) is 0 Å². The molecule has 0 amide bonds. The van der Waals surface area contributed by atoms with E-state index in [1.807, 2.05) is 0 Å². The van der Waals surface area contributed by atoms with E-state index in [1.54, 1.807) is 24.5 Å². The Bertz CT molecular complexity index is 206. The Kier molecular flexibility index (Phi) is 4.49. The second kappa shape index (κ2) is 4.36. The largest absolute Gasteiger partial charge is 0.221 e. The number of rotatable bonds is 0. The Balaban J connectivity index is 0.000001000. The minimum Gasteiger partial charge on any atom is -0.217 e. The van der Waals surface area contributed by atoms with Gasteiger partial charge in [0, 0.05) is 6.07 Å². The zero-order valence-corrected chi connectivity index (χ0v) is 8.44. The zero-order valence-electron chi connectivity index (χ0n) is 5.35. The van der Waals surface area contributed by atoms with E-state index < -0.39 is 3.79 Å². The molecule has 0 radical (unpaired) electrons. The number of H-pyrrole nitrogens is 1. The summed E-state index contributed by atoms with van der Waals surface area (Å²) in [7, 11) is 0. The first kappa shape index (κ1) is 11.3. The quantitative estimate of drug-likeness (QED) is 0.612. The molecule has 0 bridgehead atoms. The van der Waals surface area contributed by atoms with E-state index >= 15 is 0 Å². The average molecular weight is 234 g/mol. The van der Waals surface area contributed by atoms with Crippen LogP contribution in [0.15, 0.2) is 24.5 Å². The number of nitrogens with one attached hydrogen (secondary N) is 1. The summed E-state index contributed by atoms with van der Waals surface area (Å²) in [5.41, 5.74) is 0.639. The maximum atomic E-state index is 5.57. The molecule has 0 fully saturated rings. The summed E-state index contributed by atoms with van der Waals surface area (Å²) in [5.74, 6) is 0. The fourth-order valence-electron chi connectivity index (χ4n) is 0.570. The maximum absolute atomic E-state index is 5.57. The molecule has 0 saturated heterocycles. The van der Waals surface area contributed by atoms with E-state index in [0.29, 0.717) is 5.56 Å². The predicted molar refractivity (Wildman–Crippen MR) is 49.5 cm³/mol. The van der Waals surface area contributed by atoms with Crippen molar-refractivity contribution in [1.82, 2.24) is 0 Å². The van der Waals surface area contributed by atoms with Gasteiger partial charge in [0.15, 0.2) is 12.4 Å². The topological polar surface area (TPSA) is 14.1 Å². The van der Waals surface area contributed by atoms with E-state index in [2.05, 4.69) is 4.98 Å². The number of hydrogen-bond donors (Lipinski definition) is 0. The molecule has 0 aromatic carbocycles. The number of halogens is 4. The van der Waals surface area contributed by atoms with Gasteiger partial charge in [-0.1, -0.05) is 34.8 Å². The van der Waals surface area contributed by atoms with Crippen LogP contribution in [0, 0.1) is 0 Å². The summed E-state index contributed by atoms with van der Waals surface area (Å²) in [4.78, 5) is 2.81. The Morgan fingerprint density at radius 2 is 1.91 bits per heavy atom. The maximum Gasteiger partial charge on any atom is 0.221 e. The van der Waals surface area contributed by atoms with Crippen LogP contribution in [-0.4, -0.2) is 0 Å². The van der Waals surface area contributed by atoms with Crippen LogP contribution in [0.5, 0.6) is 0 Å². The van der Waals surface area contributed by atoms with Crippen molar-refractivity contribution in [2.45, 2.75) is 3.79 Å². The van der Waals surface area contributed by atoms with Crippen LogP contribution in [0.25, 0.3) is 0 Å². The molecule has 1 rings (SSSR count). The van der Waals surface area contributed by atoms with Gasteiger partial charge in [0.05, 0.1) is 5.56 Å².